The third kappa shape index (κ3) is 4.93. The van der Waals surface area contributed by atoms with Gasteiger partial charge in [-0.2, -0.15) is 4.98 Å². The van der Waals surface area contributed by atoms with Crippen LogP contribution in [0.15, 0.2) is 82.5 Å². The fourth-order valence-corrected chi connectivity index (χ4v) is 4.46. The van der Waals surface area contributed by atoms with E-state index in [4.69, 9.17) is 4.74 Å². The monoisotopic (exact) mass is 513 g/mol. The Balaban J connectivity index is 1.51. The van der Waals surface area contributed by atoms with E-state index in [0.717, 1.165) is 15.7 Å². The zero-order valence-corrected chi connectivity index (χ0v) is 21.0. The van der Waals surface area contributed by atoms with Gasteiger partial charge in [0.1, 0.15) is 5.75 Å². The number of nitrogens with one attached hydrogen (secondary N) is 1. The first-order valence-corrected chi connectivity index (χ1v) is 12.3. The summed E-state index contributed by atoms with van der Waals surface area (Å²) in [6.07, 6.45) is 2.48. The van der Waals surface area contributed by atoms with Crippen molar-refractivity contribution in [3.05, 3.63) is 105 Å². The summed E-state index contributed by atoms with van der Waals surface area (Å²) < 4.78 is 8.12. The first kappa shape index (κ1) is 24.9. The highest BCUT2D eigenvalue weighted by molar-refractivity contribution is 5.71. The standard InChI is InChI=1S/C28H27N5O5/c1-18-6-8-20(9-7-18)17-32-25(30-21-10-12-22(13-11-21)38-23-5-3-4-16-29-23)31-26(36)33(27(32)37)28(14-15-28)19(2)24(34)35/h3-13,16,19H,14-15,17H2,1-2H3,(H,34,35)(H,30,31,36)/t19-/m0/s1. The van der Waals surface area contributed by atoms with Crippen LogP contribution >= 0.6 is 0 Å². The molecule has 2 heterocycles. The Labute approximate surface area is 218 Å². The normalized spacial score (nSPS) is 14.5. The van der Waals surface area contributed by atoms with Crippen LogP contribution in [0.25, 0.3) is 0 Å². The number of carboxylic acid groups (broad SMARTS) is 1. The summed E-state index contributed by atoms with van der Waals surface area (Å²) in [6, 6.07) is 20.0. The van der Waals surface area contributed by atoms with Crippen molar-refractivity contribution in [2.75, 3.05) is 5.32 Å². The minimum absolute atomic E-state index is 0.0639. The lowest BCUT2D eigenvalue weighted by atomic mass is 9.99. The minimum Gasteiger partial charge on any atom is -0.481 e. The molecule has 0 bridgehead atoms. The number of hydrogen-bond acceptors (Lipinski definition) is 7. The predicted molar refractivity (Wildman–Crippen MR) is 141 cm³/mol. The maximum absolute atomic E-state index is 13.8. The molecule has 1 atom stereocenters. The van der Waals surface area contributed by atoms with Gasteiger partial charge in [-0.3, -0.25) is 9.36 Å². The molecular weight excluding hydrogens is 486 g/mol. The number of aromatic nitrogens is 4. The highest BCUT2D eigenvalue weighted by Gasteiger charge is 2.54. The number of aryl methyl sites for hydroxylation is 1. The number of ether oxygens (including phenoxy) is 1. The van der Waals surface area contributed by atoms with E-state index in [1.165, 1.54) is 11.5 Å². The van der Waals surface area contributed by atoms with Crippen LogP contribution in [0.2, 0.25) is 0 Å². The second-order valence-corrected chi connectivity index (χ2v) is 9.49. The van der Waals surface area contributed by atoms with Crippen molar-refractivity contribution in [1.82, 2.24) is 19.1 Å². The van der Waals surface area contributed by atoms with Crippen molar-refractivity contribution < 1.29 is 14.6 Å². The number of benzene rings is 2. The van der Waals surface area contributed by atoms with Gasteiger partial charge in [-0.25, -0.2) is 19.1 Å². The van der Waals surface area contributed by atoms with Crippen molar-refractivity contribution in [3.8, 4) is 11.6 Å². The Morgan fingerprint density at radius 3 is 2.39 bits per heavy atom. The minimum atomic E-state index is -1.08. The number of anilines is 2. The predicted octanol–water partition coefficient (Wildman–Crippen LogP) is 3.90. The van der Waals surface area contributed by atoms with Gasteiger partial charge in [0.25, 0.3) is 0 Å². The Hall–Kier alpha value is -4.73. The summed E-state index contributed by atoms with van der Waals surface area (Å²) in [5.41, 5.74) is 0.0309. The second-order valence-electron chi connectivity index (χ2n) is 9.49. The van der Waals surface area contributed by atoms with Crippen LogP contribution in [0, 0.1) is 12.8 Å². The van der Waals surface area contributed by atoms with E-state index in [1.807, 2.05) is 37.3 Å². The number of pyridine rings is 1. The van der Waals surface area contributed by atoms with Gasteiger partial charge in [-0.15, -0.1) is 0 Å². The molecule has 0 saturated heterocycles. The number of nitrogens with zero attached hydrogens (tertiary/aromatic N) is 4. The van der Waals surface area contributed by atoms with Crippen molar-refractivity contribution in [1.29, 1.82) is 0 Å². The van der Waals surface area contributed by atoms with E-state index in [-0.39, 0.29) is 12.5 Å². The van der Waals surface area contributed by atoms with Crippen LogP contribution in [0.4, 0.5) is 11.6 Å². The molecule has 2 aromatic heterocycles. The Morgan fingerprint density at radius 2 is 1.79 bits per heavy atom. The van der Waals surface area contributed by atoms with Gasteiger partial charge in [0.2, 0.25) is 11.8 Å². The van der Waals surface area contributed by atoms with E-state index in [9.17, 15) is 19.5 Å². The van der Waals surface area contributed by atoms with E-state index in [0.29, 0.717) is 30.2 Å². The Kier molecular flexibility index (Phi) is 6.54. The molecule has 0 radical (unpaired) electrons. The van der Waals surface area contributed by atoms with Crippen LogP contribution < -0.4 is 21.4 Å². The molecule has 4 aromatic rings. The van der Waals surface area contributed by atoms with E-state index >= 15 is 0 Å². The van der Waals surface area contributed by atoms with E-state index in [1.54, 1.807) is 42.6 Å². The fourth-order valence-electron chi connectivity index (χ4n) is 4.46. The molecule has 1 aliphatic carbocycles. The summed E-state index contributed by atoms with van der Waals surface area (Å²) in [5, 5.41) is 12.7. The molecule has 5 rings (SSSR count). The zero-order chi connectivity index (χ0) is 26.9. The van der Waals surface area contributed by atoms with Gasteiger partial charge in [-0.05, 0) is 62.6 Å². The number of carbonyl (C=O) groups is 1. The smallest absolute Gasteiger partial charge is 0.355 e. The Bertz CT molecular complexity index is 1570. The zero-order valence-electron chi connectivity index (χ0n) is 21.0. The molecule has 0 spiro atoms. The summed E-state index contributed by atoms with van der Waals surface area (Å²) in [7, 11) is 0. The van der Waals surface area contributed by atoms with Gasteiger partial charge < -0.3 is 15.2 Å². The lowest BCUT2D eigenvalue weighted by Gasteiger charge is -2.23. The van der Waals surface area contributed by atoms with E-state index < -0.39 is 28.8 Å². The lowest BCUT2D eigenvalue weighted by Crippen LogP contribution is -2.50. The summed E-state index contributed by atoms with van der Waals surface area (Å²) >= 11 is 0. The lowest BCUT2D eigenvalue weighted by molar-refractivity contribution is -0.143. The molecule has 0 unspecified atom stereocenters. The fraction of sp³-hybridized carbons (Fsp3) is 0.250. The second kappa shape index (κ2) is 9.97. The van der Waals surface area contributed by atoms with Crippen molar-refractivity contribution in [3.63, 3.8) is 0 Å². The molecule has 194 valence electrons. The van der Waals surface area contributed by atoms with Crippen molar-refractivity contribution >= 4 is 17.6 Å². The van der Waals surface area contributed by atoms with Crippen LogP contribution in [-0.2, 0) is 16.9 Å². The molecule has 1 fully saturated rings. The van der Waals surface area contributed by atoms with Gasteiger partial charge in [0.15, 0.2) is 0 Å². The number of rotatable bonds is 9. The molecule has 0 amide bonds. The highest BCUT2D eigenvalue weighted by atomic mass is 16.5. The molecule has 10 heteroatoms. The average molecular weight is 514 g/mol. The van der Waals surface area contributed by atoms with Crippen LogP contribution in [-0.4, -0.2) is 30.2 Å². The largest absolute Gasteiger partial charge is 0.481 e. The molecule has 38 heavy (non-hydrogen) atoms. The number of carboxylic acids is 1. The first-order valence-electron chi connectivity index (χ1n) is 12.3. The number of hydrogen-bond donors (Lipinski definition) is 2. The van der Waals surface area contributed by atoms with Crippen LogP contribution in [0.1, 0.15) is 30.9 Å². The molecule has 2 N–H and O–H groups in total. The molecule has 10 nitrogen and oxygen atoms in total. The highest BCUT2D eigenvalue weighted by Crippen LogP contribution is 2.48. The quantitative estimate of drug-likeness (QED) is 0.345. The average Bonchev–Trinajstić information content (AvgIpc) is 3.70. The maximum atomic E-state index is 13.8. The summed E-state index contributed by atoms with van der Waals surface area (Å²) in [5.74, 6) is -0.890. The van der Waals surface area contributed by atoms with Crippen LogP contribution in [0.5, 0.6) is 11.6 Å². The van der Waals surface area contributed by atoms with Gasteiger partial charge in [-0.1, -0.05) is 35.9 Å². The van der Waals surface area contributed by atoms with Crippen LogP contribution in [0.3, 0.4) is 0 Å². The van der Waals surface area contributed by atoms with Gasteiger partial charge in [0, 0.05) is 18.0 Å². The molecular formula is C28H27N5O5. The summed E-state index contributed by atoms with van der Waals surface area (Å²) in [4.78, 5) is 47.0. The molecule has 0 aliphatic heterocycles. The van der Waals surface area contributed by atoms with E-state index in [2.05, 4.69) is 15.3 Å². The van der Waals surface area contributed by atoms with Gasteiger partial charge >= 0.3 is 17.3 Å². The molecule has 1 saturated carbocycles. The summed E-state index contributed by atoms with van der Waals surface area (Å²) in [6.45, 7) is 3.63. The Morgan fingerprint density at radius 1 is 1.08 bits per heavy atom. The third-order valence-corrected chi connectivity index (χ3v) is 6.89. The van der Waals surface area contributed by atoms with Crippen molar-refractivity contribution in [2.45, 2.75) is 38.8 Å². The first-order chi connectivity index (χ1) is 18.3. The van der Waals surface area contributed by atoms with Crippen molar-refractivity contribution in [2.24, 2.45) is 5.92 Å². The van der Waals surface area contributed by atoms with Gasteiger partial charge in [0.05, 0.1) is 18.0 Å². The topological polar surface area (TPSA) is 128 Å². The SMILES string of the molecule is Cc1ccc(Cn2c(Nc3ccc(Oc4ccccn4)cc3)nc(=O)n(C3([C@@H](C)C(=O)O)CC3)c2=O)cc1. The molecule has 2 aromatic carbocycles. The maximum Gasteiger partial charge on any atom is 0.355 e. The third-order valence-electron chi connectivity index (χ3n) is 6.89. The molecule has 1 aliphatic rings. The number of aliphatic carboxylic acids is 1.